The summed E-state index contributed by atoms with van der Waals surface area (Å²) in [5.74, 6) is 5.56. The maximum Gasteiger partial charge on any atom is 0.147 e. The van der Waals surface area contributed by atoms with E-state index in [1.54, 1.807) is 12.1 Å². The fraction of sp³-hybridized carbons (Fsp3) is 0.125. The van der Waals surface area contributed by atoms with Gasteiger partial charge in [-0.05, 0) is 18.2 Å². The first-order valence-corrected chi connectivity index (χ1v) is 6.59. The molecular formula is C16H10ClFN2O. The normalized spacial score (nSPS) is 9.38. The largest absolute Gasteiger partial charge is 0.487 e. The quantitative estimate of drug-likeness (QED) is 0.645. The third-order valence-corrected chi connectivity index (χ3v) is 2.75. The summed E-state index contributed by atoms with van der Waals surface area (Å²) in [5, 5.41) is 8.97. The molecule has 0 aliphatic rings. The lowest BCUT2D eigenvalue weighted by atomic mass is 10.2. The van der Waals surface area contributed by atoms with Crippen molar-refractivity contribution < 1.29 is 9.13 Å². The zero-order chi connectivity index (χ0) is 15.1. The highest BCUT2D eigenvalue weighted by atomic mass is 35.5. The van der Waals surface area contributed by atoms with Gasteiger partial charge < -0.3 is 4.74 Å². The number of nitrogens with zero attached hydrogens (tertiary/aromatic N) is 2. The molecule has 5 heteroatoms. The molecule has 0 spiro atoms. The summed E-state index contributed by atoms with van der Waals surface area (Å²) >= 11 is 5.51. The maximum absolute atomic E-state index is 13.3. The molecule has 0 saturated carbocycles. The third kappa shape index (κ3) is 3.95. The molecule has 0 atom stereocenters. The molecule has 1 aromatic carbocycles. The van der Waals surface area contributed by atoms with Gasteiger partial charge in [0.1, 0.15) is 29.9 Å². The van der Waals surface area contributed by atoms with E-state index in [1.807, 2.05) is 6.07 Å². The number of hydrogen-bond donors (Lipinski definition) is 0. The zero-order valence-electron chi connectivity index (χ0n) is 10.9. The first-order chi connectivity index (χ1) is 10.2. The minimum absolute atomic E-state index is 0.107. The van der Waals surface area contributed by atoms with Crippen molar-refractivity contribution in [3.63, 3.8) is 0 Å². The van der Waals surface area contributed by atoms with Crippen molar-refractivity contribution in [2.75, 3.05) is 5.88 Å². The minimum atomic E-state index is -0.423. The van der Waals surface area contributed by atoms with Gasteiger partial charge >= 0.3 is 0 Å². The number of benzene rings is 1. The van der Waals surface area contributed by atoms with E-state index in [4.69, 9.17) is 21.6 Å². The monoisotopic (exact) mass is 300 g/mol. The molecule has 0 N–H and O–H groups in total. The van der Waals surface area contributed by atoms with E-state index in [1.165, 1.54) is 24.4 Å². The van der Waals surface area contributed by atoms with Gasteiger partial charge in [0.05, 0.1) is 11.4 Å². The van der Waals surface area contributed by atoms with Crippen LogP contribution in [0.4, 0.5) is 4.39 Å². The number of hydrogen-bond acceptors (Lipinski definition) is 3. The van der Waals surface area contributed by atoms with Gasteiger partial charge in [-0.25, -0.2) is 9.37 Å². The molecule has 0 amide bonds. The standard InChI is InChI=1S/C16H10ClFN2O/c17-7-1-3-12-5-6-14(18)9-16(12)21-11-13-4-2-8-20-15(13)10-19/h2,4-6,8-9H,7,11H2. The average Bonchev–Trinajstić information content (AvgIpc) is 2.52. The topological polar surface area (TPSA) is 45.9 Å². The lowest BCUT2D eigenvalue weighted by Crippen LogP contribution is -2.01. The highest BCUT2D eigenvalue weighted by molar-refractivity contribution is 6.19. The van der Waals surface area contributed by atoms with Gasteiger partial charge in [-0.1, -0.05) is 17.9 Å². The number of halogens is 2. The molecule has 1 heterocycles. The predicted molar refractivity (Wildman–Crippen MR) is 77.3 cm³/mol. The van der Waals surface area contributed by atoms with Gasteiger partial charge in [-0.2, -0.15) is 5.26 Å². The third-order valence-electron chi connectivity index (χ3n) is 2.61. The van der Waals surface area contributed by atoms with Crippen LogP contribution in [0.25, 0.3) is 0 Å². The number of rotatable bonds is 3. The van der Waals surface area contributed by atoms with Crippen molar-refractivity contribution in [2.24, 2.45) is 0 Å². The summed E-state index contributed by atoms with van der Waals surface area (Å²) in [6.07, 6.45) is 1.53. The lowest BCUT2D eigenvalue weighted by Gasteiger charge is -2.09. The Labute approximate surface area is 127 Å². The SMILES string of the molecule is N#Cc1ncccc1COc1cc(F)ccc1C#CCCl. The average molecular weight is 301 g/mol. The Morgan fingerprint density at radius 3 is 2.95 bits per heavy atom. The van der Waals surface area contributed by atoms with E-state index in [9.17, 15) is 4.39 Å². The van der Waals surface area contributed by atoms with E-state index in [2.05, 4.69) is 16.8 Å². The van der Waals surface area contributed by atoms with Gasteiger partial charge in [0.25, 0.3) is 0 Å². The molecule has 1 aromatic heterocycles. The minimum Gasteiger partial charge on any atom is -0.487 e. The Morgan fingerprint density at radius 1 is 1.33 bits per heavy atom. The summed E-state index contributed by atoms with van der Waals surface area (Å²) in [6, 6.07) is 9.50. The molecule has 0 radical (unpaired) electrons. The fourth-order valence-electron chi connectivity index (χ4n) is 1.66. The van der Waals surface area contributed by atoms with Crippen molar-refractivity contribution in [1.82, 2.24) is 4.98 Å². The van der Waals surface area contributed by atoms with E-state index in [0.717, 1.165) is 0 Å². The Balaban J connectivity index is 2.23. The molecule has 2 rings (SSSR count). The molecule has 0 bridgehead atoms. The zero-order valence-corrected chi connectivity index (χ0v) is 11.7. The Morgan fingerprint density at radius 2 is 2.19 bits per heavy atom. The smallest absolute Gasteiger partial charge is 0.147 e. The van der Waals surface area contributed by atoms with E-state index >= 15 is 0 Å². The Bertz CT molecular complexity index is 744. The number of aromatic nitrogens is 1. The molecule has 21 heavy (non-hydrogen) atoms. The molecule has 2 aromatic rings. The van der Waals surface area contributed by atoms with Crippen LogP contribution in [-0.4, -0.2) is 10.9 Å². The molecule has 0 fully saturated rings. The first kappa shape index (κ1) is 14.8. The second-order valence-electron chi connectivity index (χ2n) is 3.99. The number of nitriles is 1. The van der Waals surface area contributed by atoms with Crippen molar-refractivity contribution in [2.45, 2.75) is 6.61 Å². The van der Waals surface area contributed by atoms with Crippen molar-refractivity contribution in [3.8, 4) is 23.7 Å². The molecule has 0 unspecified atom stereocenters. The van der Waals surface area contributed by atoms with Crippen molar-refractivity contribution >= 4 is 11.6 Å². The van der Waals surface area contributed by atoms with Crippen LogP contribution in [0.5, 0.6) is 5.75 Å². The second-order valence-corrected chi connectivity index (χ2v) is 4.25. The number of alkyl halides is 1. The van der Waals surface area contributed by atoms with E-state index in [-0.39, 0.29) is 18.2 Å². The van der Waals surface area contributed by atoms with E-state index in [0.29, 0.717) is 16.9 Å². The molecule has 3 nitrogen and oxygen atoms in total. The van der Waals surface area contributed by atoms with Gasteiger partial charge in [-0.3, -0.25) is 0 Å². The predicted octanol–water partition coefficient (Wildman–Crippen LogP) is 3.26. The fourth-order valence-corrected chi connectivity index (χ4v) is 1.73. The molecule has 104 valence electrons. The molecule has 0 saturated heterocycles. The van der Waals surface area contributed by atoms with Gasteiger partial charge in [0, 0.05) is 17.8 Å². The van der Waals surface area contributed by atoms with E-state index < -0.39 is 5.82 Å². The number of ether oxygens (including phenoxy) is 1. The summed E-state index contributed by atoms with van der Waals surface area (Å²) < 4.78 is 18.9. The summed E-state index contributed by atoms with van der Waals surface area (Å²) in [7, 11) is 0. The second kappa shape index (κ2) is 7.28. The highest BCUT2D eigenvalue weighted by Crippen LogP contribution is 2.21. The Hall–Kier alpha value is -2.56. The number of pyridine rings is 1. The summed E-state index contributed by atoms with van der Waals surface area (Å²) in [5.41, 5.74) is 1.45. The van der Waals surface area contributed by atoms with Crippen molar-refractivity contribution in [3.05, 3.63) is 59.2 Å². The van der Waals surface area contributed by atoms with Crippen LogP contribution in [0.15, 0.2) is 36.5 Å². The molecule has 0 aliphatic heterocycles. The van der Waals surface area contributed by atoms with Crippen molar-refractivity contribution in [1.29, 1.82) is 5.26 Å². The van der Waals surface area contributed by atoms with Crippen LogP contribution in [0.2, 0.25) is 0 Å². The van der Waals surface area contributed by atoms with Crippen LogP contribution in [0.3, 0.4) is 0 Å². The van der Waals surface area contributed by atoms with Crippen LogP contribution >= 0.6 is 11.6 Å². The first-order valence-electron chi connectivity index (χ1n) is 6.05. The van der Waals surface area contributed by atoms with Crippen LogP contribution in [0.1, 0.15) is 16.8 Å². The van der Waals surface area contributed by atoms with Gasteiger partial charge in [-0.15, -0.1) is 11.6 Å². The van der Waals surface area contributed by atoms with Crippen LogP contribution < -0.4 is 4.74 Å². The molecule has 0 aliphatic carbocycles. The van der Waals surface area contributed by atoms with Crippen LogP contribution in [-0.2, 0) is 6.61 Å². The maximum atomic E-state index is 13.3. The van der Waals surface area contributed by atoms with Crippen LogP contribution in [0, 0.1) is 29.0 Å². The summed E-state index contributed by atoms with van der Waals surface area (Å²) in [4.78, 5) is 3.94. The van der Waals surface area contributed by atoms with Gasteiger partial charge in [0.2, 0.25) is 0 Å². The Kier molecular flexibility index (Phi) is 5.15. The summed E-state index contributed by atoms with van der Waals surface area (Å²) in [6.45, 7) is 0.107. The highest BCUT2D eigenvalue weighted by Gasteiger charge is 2.07. The molecular weight excluding hydrogens is 291 g/mol. The van der Waals surface area contributed by atoms with Gasteiger partial charge in [0.15, 0.2) is 0 Å². The lowest BCUT2D eigenvalue weighted by molar-refractivity contribution is 0.303.